The normalized spacial score (nSPS) is 21.2. The van der Waals surface area contributed by atoms with Gasteiger partial charge >= 0.3 is 17.8 Å². The molecule has 0 saturated carbocycles. The standard InChI is InChI=1S/C22H29N5O5/c1-21(2,3)31-19(28)16-5-7-17(8-6-16)25-11-9-24(10-12-25)14-22(4)15-26-13-18(27(29)30)23-20(26)32-22/h5-8,13H,9-12,14-15H2,1-4H3/t22-/m0/s1. The number of hydrogen-bond donors (Lipinski definition) is 0. The van der Waals surface area contributed by atoms with Crippen LogP contribution in [0.25, 0.3) is 0 Å². The molecule has 0 spiro atoms. The number of aromatic nitrogens is 2. The van der Waals surface area contributed by atoms with E-state index in [0.29, 0.717) is 18.1 Å². The number of hydrogen-bond acceptors (Lipinski definition) is 8. The summed E-state index contributed by atoms with van der Waals surface area (Å²) >= 11 is 0. The van der Waals surface area contributed by atoms with Gasteiger partial charge in [0.25, 0.3) is 0 Å². The molecule has 2 aromatic rings. The summed E-state index contributed by atoms with van der Waals surface area (Å²) in [5.74, 6) is -0.502. The van der Waals surface area contributed by atoms with E-state index in [1.54, 1.807) is 4.57 Å². The Hall–Kier alpha value is -3.14. The first kappa shape index (κ1) is 22.1. The third-order valence-electron chi connectivity index (χ3n) is 5.55. The highest BCUT2D eigenvalue weighted by molar-refractivity contribution is 5.90. The van der Waals surface area contributed by atoms with Gasteiger partial charge in [0.2, 0.25) is 0 Å². The number of anilines is 1. The fourth-order valence-corrected chi connectivity index (χ4v) is 4.15. The Balaban J connectivity index is 1.29. The molecule has 32 heavy (non-hydrogen) atoms. The molecule has 2 aliphatic heterocycles. The van der Waals surface area contributed by atoms with Crippen molar-refractivity contribution in [2.45, 2.75) is 45.4 Å². The van der Waals surface area contributed by atoms with Gasteiger partial charge in [0.1, 0.15) is 17.4 Å². The zero-order valence-corrected chi connectivity index (χ0v) is 18.9. The molecule has 1 aromatic heterocycles. The second-order valence-corrected chi connectivity index (χ2v) is 9.63. The molecule has 3 heterocycles. The number of ether oxygens (including phenoxy) is 2. The van der Waals surface area contributed by atoms with Gasteiger partial charge < -0.3 is 24.5 Å². The number of nitrogens with zero attached hydrogens (tertiary/aromatic N) is 5. The van der Waals surface area contributed by atoms with E-state index < -0.39 is 16.1 Å². The summed E-state index contributed by atoms with van der Waals surface area (Å²) in [7, 11) is 0. The summed E-state index contributed by atoms with van der Waals surface area (Å²) in [6, 6.07) is 7.85. The molecule has 0 aliphatic carbocycles. The van der Waals surface area contributed by atoms with Crippen molar-refractivity contribution >= 4 is 17.5 Å². The average molecular weight is 444 g/mol. The van der Waals surface area contributed by atoms with Crippen LogP contribution in [0, 0.1) is 10.1 Å². The number of piperazine rings is 1. The van der Waals surface area contributed by atoms with Crippen LogP contribution < -0.4 is 9.64 Å². The molecular formula is C22H29N5O5. The largest absolute Gasteiger partial charge is 0.456 e. The summed E-state index contributed by atoms with van der Waals surface area (Å²) in [4.78, 5) is 31.2. The number of rotatable bonds is 5. The van der Waals surface area contributed by atoms with Crippen LogP contribution in [-0.4, -0.2) is 69.3 Å². The van der Waals surface area contributed by atoms with Crippen molar-refractivity contribution in [1.29, 1.82) is 0 Å². The van der Waals surface area contributed by atoms with E-state index in [1.807, 2.05) is 52.0 Å². The molecular weight excluding hydrogens is 414 g/mol. The molecule has 0 amide bonds. The van der Waals surface area contributed by atoms with E-state index in [2.05, 4.69) is 14.8 Å². The molecule has 1 atom stereocenters. The van der Waals surface area contributed by atoms with Crippen molar-refractivity contribution < 1.29 is 19.2 Å². The Labute approximate surface area is 186 Å². The number of fused-ring (bicyclic) bond motifs is 1. The van der Waals surface area contributed by atoms with Crippen LogP contribution in [-0.2, 0) is 11.3 Å². The van der Waals surface area contributed by atoms with Crippen LogP contribution in [0.2, 0.25) is 0 Å². The molecule has 1 aromatic carbocycles. The molecule has 10 nitrogen and oxygen atoms in total. The molecule has 10 heteroatoms. The Bertz CT molecular complexity index is 979. The first-order valence-electron chi connectivity index (χ1n) is 10.7. The monoisotopic (exact) mass is 443 g/mol. The van der Waals surface area contributed by atoms with Crippen molar-refractivity contribution in [2.24, 2.45) is 0 Å². The Morgan fingerprint density at radius 3 is 2.44 bits per heavy atom. The first-order chi connectivity index (χ1) is 15.0. The smallest absolute Gasteiger partial charge is 0.415 e. The minimum atomic E-state index is -0.515. The summed E-state index contributed by atoms with van der Waals surface area (Å²) < 4.78 is 13.1. The fraction of sp³-hybridized carbons (Fsp3) is 0.545. The van der Waals surface area contributed by atoms with E-state index >= 15 is 0 Å². The lowest BCUT2D eigenvalue weighted by molar-refractivity contribution is -0.389. The highest BCUT2D eigenvalue weighted by Crippen LogP contribution is 2.32. The lowest BCUT2D eigenvalue weighted by Crippen LogP contribution is -2.52. The molecule has 2 aliphatic rings. The molecule has 0 bridgehead atoms. The van der Waals surface area contributed by atoms with E-state index in [1.165, 1.54) is 6.20 Å². The van der Waals surface area contributed by atoms with Crippen LogP contribution in [0.15, 0.2) is 30.5 Å². The molecule has 1 fully saturated rings. The van der Waals surface area contributed by atoms with Crippen LogP contribution >= 0.6 is 0 Å². The van der Waals surface area contributed by atoms with Crippen molar-refractivity contribution in [3.8, 4) is 6.01 Å². The quantitative estimate of drug-likeness (QED) is 0.395. The average Bonchev–Trinajstić information content (AvgIpc) is 3.22. The van der Waals surface area contributed by atoms with Gasteiger partial charge in [-0.2, -0.15) is 0 Å². The maximum Gasteiger partial charge on any atom is 0.415 e. The van der Waals surface area contributed by atoms with Crippen LogP contribution in [0.5, 0.6) is 6.01 Å². The number of esters is 1. The van der Waals surface area contributed by atoms with E-state index in [9.17, 15) is 14.9 Å². The molecule has 4 rings (SSSR count). The summed E-state index contributed by atoms with van der Waals surface area (Å²) in [6.07, 6.45) is 1.43. The Morgan fingerprint density at radius 1 is 1.22 bits per heavy atom. The fourth-order valence-electron chi connectivity index (χ4n) is 4.15. The van der Waals surface area contributed by atoms with Gasteiger partial charge in [0.05, 0.1) is 12.1 Å². The summed E-state index contributed by atoms with van der Waals surface area (Å²) in [5.41, 5.74) is 0.646. The maximum absolute atomic E-state index is 12.2. The van der Waals surface area contributed by atoms with Crippen LogP contribution in [0.4, 0.5) is 11.5 Å². The van der Waals surface area contributed by atoms with Gasteiger partial charge in [0.15, 0.2) is 0 Å². The minimum Gasteiger partial charge on any atom is -0.456 e. The molecule has 0 unspecified atom stereocenters. The predicted octanol–water partition coefficient (Wildman–Crippen LogP) is 2.72. The zero-order chi connectivity index (χ0) is 23.1. The van der Waals surface area contributed by atoms with Gasteiger partial charge in [-0.05, 0) is 56.9 Å². The van der Waals surface area contributed by atoms with Crippen molar-refractivity contribution in [1.82, 2.24) is 14.5 Å². The molecule has 172 valence electrons. The Kier molecular flexibility index (Phi) is 5.58. The second kappa shape index (κ2) is 8.09. The third kappa shape index (κ3) is 4.85. The lowest BCUT2D eigenvalue weighted by atomic mass is 10.1. The lowest BCUT2D eigenvalue weighted by Gasteiger charge is -2.39. The van der Waals surface area contributed by atoms with Crippen molar-refractivity contribution in [2.75, 3.05) is 37.6 Å². The van der Waals surface area contributed by atoms with Gasteiger partial charge in [-0.15, -0.1) is 0 Å². The topological polar surface area (TPSA) is 103 Å². The van der Waals surface area contributed by atoms with E-state index in [4.69, 9.17) is 9.47 Å². The SMILES string of the molecule is CC(C)(C)OC(=O)c1ccc(N2CCN(C[C@@]3(C)Cn4cc([N+](=O)[O-])nc4O3)CC2)cc1. The van der Waals surface area contributed by atoms with Crippen LogP contribution in [0.1, 0.15) is 38.1 Å². The maximum atomic E-state index is 12.2. The molecule has 0 radical (unpaired) electrons. The predicted molar refractivity (Wildman–Crippen MR) is 118 cm³/mol. The first-order valence-corrected chi connectivity index (χ1v) is 10.7. The highest BCUT2D eigenvalue weighted by Gasteiger charge is 2.41. The number of carbonyl (C=O) groups excluding carboxylic acids is 1. The van der Waals surface area contributed by atoms with Gasteiger partial charge in [-0.1, -0.05) is 0 Å². The van der Waals surface area contributed by atoms with Crippen molar-refractivity contribution in [3.63, 3.8) is 0 Å². The summed E-state index contributed by atoms with van der Waals surface area (Å²) in [6.45, 7) is 12.3. The molecule has 1 saturated heterocycles. The highest BCUT2D eigenvalue weighted by atomic mass is 16.6. The zero-order valence-electron chi connectivity index (χ0n) is 18.9. The Morgan fingerprint density at radius 2 is 1.88 bits per heavy atom. The molecule has 0 N–H and O–H groups in total. The van der Waals surface area contributed by atoms with Gasteiger partial charge in [-0.3, -0.25) is 9.47 Å². The van der Waals surface area contributed by atoms with E-state index in [0.717, 1.165) is 38.4 Å². The van der Waals surface area contributed by atoms with Gasteiger partial charge in [0, 0.05) is 43.4 Å². The second-order valence-electron chi connectivity index (χ2n) is 9.63. The number of nitro groups is 1. The number of carbonyl (C=O) groups is 1. The third-order valence-corrected chi connectivity index (χ3v) is 5.55. The number of benzene rings is 1. The van der Waals surface area contributed by atoms with Crippen molar-refractivity contribution in [3.05, 3.63) is 46.1 Å². The van der Waals surface area contributed by atoms with E-state index in [-0.39, 0.29) is 11.8 Å². The number of imidazole rings is 1. The van der Waals surface area contributed by atoms with Crippen LogP contribution in [0.3, 0.4) is 0 Å². The van der Waals surface area contributed by atoms with Gasteiger partial charge in [-0.25, -0.2) is 4.79 Å². The minimum absolute atomic E-state index is 0.187. The summed E-state index contributed by atoms with van der Waals surface area (Å²) in [5, 5.41) is 10.9.